The van der Waals surface area contributed by atoms with Crippen LogP contribution < -0.4 is 21.7 Å². The first-order chi connectivity index (χ1) is 11.5. The van der Waals surface area contributed by atoms with E-state index in [-0.39, 0.29) is 17.0 Å². The molecule has 0 spiro atoms. The monoisotopic (exact) mass is 329 g/mol. The Balaban J connectivity index is 1.45. The maximum atomic E-state index is 12.0. The SMILES string of the molecule is Cn1c(=O)cc(N2CC(Cn3nc(C4CC4)ccc3=O)C2)[nH]c1=O. The fourth-order valence-electron chi connectivity index (χ4n) is 3.03. The Hall–Kier alpha value is -2.64. The van der Waals surface area contributed by atoms with E-state index in [1.807, 2.05) is 11.0 Å². The van der Waals surface area contributed by atoms with Crippen molar-refractivity contribution < 1.29 is 0 Å². The van der Waals surface area contributed by atoms with Crippen LogP contribution >= 0.6 is 0 Å². The minimum absolute atomic E-state index is 0.0835. The molecular weight excluding hydrogens is 310 g/mol. The molecule has 8 heteroatoms. The number of nitrogens with one attached hydrogen (secondary N) is 1. The van der Waals surface area contributed by atoms with Crippen molar-refractivity contribution >= 4 is 5.82 Å². The summed E-state index contributed by atoms with van der Waals surface area (Å²) >= 11 is 0. The van der Waals surface area contributed by atoms with E-state index >= 15 is 0 Å². The van der Waals surface area contributed by atoms with Gasteiger partial charge in [-0.3, -0.25) is 19.1 Å². The summed E-state index contributed by atoms with van der Waals surface area (Å²) in [5.74, 6) is 1.32. The Morgan fingerprint density at radius 2 is 1.92 bits per heavy atom. The molecule has 24 heavy (non-hydrogen) atoms. The first kappa shape index (κ1) is 14.9. The molecule has 2 aromatic heterocycles. The molecule has 4 rings (SSSR count). The van der Waals surface area contributed by atoms with Gasteiger partial charge in [0.15, 0.2) is 0 Å². The summed E-state index contributed by atoms with van der Waals surface area (Å²) in [5, 5.41) is 4.47. The van der Waals surface area contributed by atoms with Crippen molar-refractivity contribution in [2.24, 2.45) is 13.0 Å². The molecule has 1 aliphatic carbocycles. The van der Waals surface area contributed by atoms with E-state index < -0.39 is 5.69 Å². The third-order valence-corrected chi connectivity index (χ3v) is 4.74. The number of aromatic nitrogens is 4. The minimum Gasteiger partial charge on any atom is -0.357 e. The lowest BCUT2D eigenvalue weighted by molar-refractivity contribution is 0.330. The summed E-state index contributed by atoms with van der Waals surface area (Å²) in [5.41, 5.74) is 0.171. The molecule has 1 N–H and O–H groups in total. The number of hydrogen-bond donors (Lipinski definition) is 1. The summed E-state index contributed by atoms with van der Waals surface area (Å²) in [6.07, 6.45) is 2.30. The molecule has 0 unspecified atom stereocenters. The molecule has 1 saturated heterocycles. The van der Waals surface area contributed by atoms with Gasteiger partial charge in [-0.1, -0.05) is 0 Å². The molecule has 126 valence electrons. The van der Waals surface area contributed by atoms with Gasteiger partial charge in [0, 0.05) is 44.1 Å². The van der Waals surface area contributed by atoms with Crippen LogP contribution in [0.5, 0.6) is 0 Å². The Bertz CT molecular complexity index is 916. The highest BCUT2D eigenvalue weighted by Gasteiger charge is 2.30. The van der Waals surface area contributed by atoms with E-state index in [1.54, 1.807) is 10.7 Å². The molecule has 8 nitrogen and oxygen atoms in total. The standard InChI is InChI=1S/C16H19N5O3/c1-19-15(23)6-13(17-16(19)24)20-7-10(8-20)9-21-14(22)5-4-12(18-21)11-2-3-11/h4-6,10-11H,2-3,7-9H2,1H3,(H,17,24). The van der Waals surface area contributed by atoms with Crippen LogP contribution in [0, 0.1) is 5.92 Å². The molecule has 2 aliphatic rings. The summed E-state index contributed by atoms with van der Waals surface area (Å²) in [6.45, 7) is 1.93. The number of aromatic amines is 1. The predicted molar refractivity (Wildman–Crippen MR) is 88.5 cm³/mol. The second-order valence-corrected chi connectivity index (χ2v) is 6.68. The zero-order valence-electron chi connectivity index (χ0n) is 13.4. The molecule has 0 amide bonds. The zero-order valence-corrected chi connectivity index (χ0v) is 13.4. The number of H-pyrrole nitrogens is 1. The van der Waals surface area contributed by atoms with Crippen LogP contribution in [0.2, 0.25) is 0 Å². The smallest absolute Gasteiger partial charge is 0.329 e. The van der Waals surface area contributed by atoms with Gasteiger partial charge in [0.25, 0.3) is 11.1 Å². The molecule has 2 aromatic rings. The molecular formula is C16H19N5O3. The van der Waals surface area contributed by atoms with Crippen molar-refractivity contribution in [1.82, 2.24) is 19.3 Å². The topological polar surface area (TPSA) is 93.0 Å². The first-order valence-corrected chi connectivity index (χ1v) is 8.14. The summed E-state index contributed by atoms with van der Waals surface area (Å²) in [4.78, 5) is 39.9. The summed E-state index contributed by atoms with van der Waals surface area (Å²) < 4.78 is 2.58. The fraction of sp³-hybridized carbons (Fsp3) is 0.500. The number of rotatable bonds is 4. The third kappa shape index (κ3) is 2.68. The van der Waals surface area contributed by atoms with Crippen LogP contribution in [-0.4, -0.2) is 32.4 Å². The summed E-state index contributed by atoms with van der Waals surface area (Å²) in [7, 11) is 1.44. The van der Waals surface area contributed by atoms with Crippen molar-refractivity contribution in [3.05, 3.63) is 55.1 Å². The van der Waals surface area contributed by atoms with E-state index in [2.05, 4.69) is 10.1 Å². The lowest BCUT2D eigenvalue weighted by atomic mass is 10.0. The Kier molecular flexibility index (Phi) is 3.40. The van der Waals surface area contributed by atoms with Gasteiger partial charge in [-0.25, -0.2) is 9.48 Å². The van der Waals surface area contributed by atoms with Crippen molar-refractivity contribution in [3.8, 4) is 0 Å². The van der Waals surface area contributed by atoms with Crippen LogP contribution in [0.15, 0.2) is 32.6 Å². The predicted octanol–water partition coefficient (Wildman–Crippen LogP) is -0.356. The van der Waals surface area contributed by atoms with Gasteiger partial charge >= 0.3 is 5.69 Å². The first-order valence-electron chi connectivity index (χ1n) is 8.14. The molecule has 1 saturated carbocycles. The molecule has 0 radical (unpaired) electrons. The average Bonchev–Trinajstić information content (AvgIpc) is 3.34. The normalized spacial score (nSPS) is 17.8. The largest absolute Gasteiger partial charge is 0.357 e. The van der Waals surface area contributed by atoms with Gasteiger partial charge in [-0.2, -0.15) is 5.10 Å². The van der Waals surface area contributed by atoms with Gasteiger partial charge < -0.3 is 4.90 Å². The van der Waals surface area contributed by atoms with E-state index in [1.165, 1.54) is 13.1 Å². The van der Waals surface area contributed by atoms with Gasteiger partial charge in [-0.05, 0) is 18.9 Å². The molecule has 1 aliphatic heterocycles. The van der Waals surface area contributed by atoms with Crippen molar-refractivity contribution in [2.45, 2.75) is 25.3 Å². The van der Waals surface area contributed by atoms with Gasteiger partial charge in [0.2, 0.25) is 0 Å². The number of nitrogens with zero attached hydrogens (tertiary/aromatic N) is 4. The van der Waals surface area contributed by atoms with Crippen LogP contribution in [0.1, 0.15) is 24.5 Å². The molecule has 0 aromatic carbocycles. The fourth-order valence-corrected chi connectivity index (χ4v) is 3.03. The Morgan fingerprint density at radius 1 is 1.17 bits per heavy atom. The van der Waals surface area contributed by atoms with Crippen LogP contribution in [0.3, 0.4) is 0 Å². The van der Waals surface area contributed by atoms with Crippen LogP contribution in [-0.2, 0) is 13.6 Å². The maximum Gasteiger partial charge on any atom is 0.329 e. The Labute approximate surface area is 137 Å². The van der Waals surface area contributed by atoms with E-state index in [0.717, 1.165) is 23.1 Å². The second kappa shape index (κ2) is 5.47. The highest BCUT2D eigenvalue weighted by molar-refractivity contribution is 5.40. The molecule has 2 fully saturated rings. The van der Waals surface area contributed by atoms with E-state index in [0.29, 0.717) is 31.4 Å². The lowest BCUT2D eigenvalue weighted by Crippen LogP contribution is -2.51. The molecule has 0 atom stereocenters. The number of anilines is 1. The number of hydrogen-bond acceptors (Lipinski definition) is 5. The van der Waals surface area contributed by atoms with Crippen molar-refractivity contribution in [2.75, 3.05) is 18.0 Å². The van der Waals surface area contributed by atoms with Gasteiger partial charge in [0.1, 0.15) is 5.82 Å². The third-order valence-electron chi connectivity index (χ3n) is 4.74. The van der Waals surface area contributed by atoms with Crippen molar-refractivity contribution in [1.29, 1.82) is 0 Å². The summed E-state index contributed by atoms with van der Waals surface area (Å²) in [6, 6.07) is 4.85. The second-order valence-electron chi connectivity index (χ2n) is 6.68. The van der Waals surface area contributed by atoms with Gasteiger partial charge in [-0.15, -0.1) is 0 Å². The minimum atomic E-state index is -0.420. The van der Waals surface area contributed by atoms with Crippen molar-refractivity contribution in [3.63, 3.8) is 0 Å². The van der Waals surface area contributed by atoms with Gasteiger partial charge in [0.05, 0.1) is 12.2 Å². The van der Waals surface area contributed by atoms with E-state index in [9.17, 15) is 14.4 Å². The van der Waals surface area contributed by atoms with E-state index in [4.69, 9.17) is 0 Å². The van der Waals surface area contributed by atoms with Crippen LogP contribution in [0.25, 0.3) is 0 Å². The Morgan fingerprint density at radius 3 is 2.58 bits per heavy atom. The van der Waals surface area contributed by atoms with Crippen LogP contribution in [0.4, 0.5) is 5.82 Å². The average molecular weight is 329 g/mol. The highest BCUT2D eigenvalue weighted by atomic mass is 16.2. The molecule has 3 heterocycles. The quantitative estimate of drug-likeness (QED) is 0.827. The molecule has 0 bridgehead atoms. The maximum absolute atomic E-state index is 12.0. The zero-order chi connectivity index (χ0) is 16.8. The lowest BCUT2D eigenvalue weighted by Gasteiger charge is -2.40. The highest BCUT2D eigenvalue weighted by Crippen LogP contribution is 2.38.